The molecule has 1 unspecified atom stereocenters. The third-order valence-electron chi connectivity index (χ3n) is 6.00. The van der Waals surface area contributed by atoms with Gasteiger partial charge in [-0.15, -0.1) is 0 Å². The molecule has 0 saturated carbocycles. The first-order valence-electron chi connectivity index (χ1n) is 9.39. The molecule has 1 spiro atoms. The molecular formula is C19H26N2O5. The van der Waals surface area contributed by atoms with Crippen molar-refractivity contribution in [2.45, 2.75) is 19.8 Å². The van der Waals surface area contributed by atoms with Crippen molar-refractivity contribution in [3.8, 4) is 0 Å². The summed E-state index contributed by atoms with van der Waals surface area (Å²) in [5.41, 5.74) is -0.190. The number of likely N-dealkylation sites (tertiary alicyclic amines) is 1. The second kappa shape index (κ2) is 7.04. The number of hydrogen-bond acceptors (Lipinski definition) is 5. The third kappa shape index (κ3) is 3.14. The van der Waals surface area contributed by atoms with Crippen LogP contribution in [0.2, 0.25) is 0 Å². The van der Waals surface area contributed by atoms with E-state index >= 15 is 0 Å². The predicted molar refractivity (Wildman–Crippen MR) is 92.7 cm³/mol. The highest BCUT2D eigenvalue weighted by Crippen LogP contribution is 2.45. The molecule has 26 heavy (non-hydrogen) atoms. The molecule has 4 heterocycles. The molecule has 3 saturated heterocycles. The molecule has 3 fully saturated rings. The van der Waals surface area contributed by atoms with Crippen molar-refractivity contribution < 1.29 is 23.5 Å². The van der Waals surface area contributed by atoms with E-state index in [2.05, 4.69) is 0 Å². The van der Waals surface area contributed by atoms with Crippen LogP contribution in [0.4, 0.5) is 0 Å². The van der Waals surface area contributed by atoms with Crippen LogP contribution in [-0.2, 0) is 14.3 Å². The van der Waals surface area contributed by atoms with Crippen LogP contribution in [0, 0.1) is 18.3 Å². The van der Waals surface area contributed by atoms with Gasteiger partial charge in [0.2, 0.25) is 5.91 Å². The number of amides is 2. The number of nitrogens with zero attached hydrogens (tertiary/aromatic N) is 2. The lowest BCUT2D eigenvalue weighted by molar-refractivity contribution is -0.144. The Bertz CT molecular complexity index is 673. The monoisotopic (exact) mass is 362 g/mol. The average molecular weight is 362 g/mol. The first-order chi connectivity index (χ1) is 12.6. The Morgan fingerprint density at radius 1 is 1.04 bits per heavy atom. The fourth-order valence-electron chi connectivity index (χ4n) is 4.46. The van der Waals surface area contributed by atoms with Gasteiger partial charge in [-0.3, -0.25) is 9.59 Å². The van der Waals surface area contributed by atoms with Gasteiger partial charge in [0.25, 0.3) is 5.91 Å². The Labute approximate surface area is 153 Å². The summed E-state index contributed by atoms with van der Waals surface area (Å²) in [5.74, 6) is 0.922. The summed E-state index contributed by atoms with van der Waals surface area (Å²) >= 11 is 0. The standard InChI is InChI=1S/C19H26N2O5/c1-14-2-3-16(26-14)18(23)21-12-15(17(22)20-6-10-25-11-7-20)19(13-21)4-8-24-9-5-19/h2-3,15H,4-13H2,1H3. The third-order valence-corrected chi connectivity index (χ3v) is 6.00. The average Bonchev–Trinajstić information content (AvgIpc) is 3.26. The first-order valence-corrected chi connectivity index (χ1v) is 9.39. The summed E-state index contributed by atoms with van der Waals surface area (Å²) in [7, 11) is 0. The van der Waals surface area contributed by atoms with Gasteiger partial charge in [0.05, 0.1) is 19.1 Å². The van der Waals surface area contributed by atoms with E-state index in [0.717, 1.165) is 12.8 Å². The molecule has 0 aromatic carbocycles. The van der Waals surface area contributed by atoms with Gasteiger partial charge in [-0.25, -0.2) is 0 Å². The molecule has 7 nitrogen and oxygen atoms in total. The fourth-order valence-corrected chi connectivity index (χ4v) is 4.46. The molecular weight excluding hydrogens is 336 g/mol. The second-order valence-corrected chi connectivity index (χ2v) is 7.56. The lowest BCUT2D eigenvalue weighted by Crippen LogP contribution is -2.49. The smallest absolute Gasteiger partial charge is 0.289 e. The number of ether oxygens (including phenoxy) is 2. The molecule has 0 bridgehead atoms. The molecule has 0 aliphatic carbocycles. The summed E-state index contributed by atoms with van der Waals surface area (Å²) in [6.45, 7) is 6.60. The molecule has 142 valence electrons. The number of rotatable bonds is 2. The predicted octanol–water partition coefficient (Wildman–Crippen LogP) is 1.32. The minimum Gasteiger partial charge on any atom is -0.456 e. The van der Waals surface area contributed by atoms with Gasteiger partial charge in [0, 0.05) is 44.8 Å². The number of aryl methyl sites for hydroxylation is 1. The maximum atomic E-state index is 13.3. The molecule has 0 radical (unpaired) electrons. The molecule has 4 rings (SSSR count). The zero-order valence-electron chi connectivity index (χ0n) is 15.2. The van der Waals surface area contributed by atoms with E-state index in [-0.39, 0.29) is 23.1 Å². The maximum Gasteiger partial charge on any atom is 0.289 e. The van der Waals surface area contributed by atoms with Crippen molar-refractivity contribution in [1.29, 1.82) is 0 Å². The summed E-state index contributed by atoms with van der Waals surface area (Å²) in [4.78, 5) is 29.8. The summed E-state index contributed by atoms with van der Waals surface area (Å²) in [6, 6.07) is 3.51. The topological polar surface area (TPSA) is 72.2 Å². The summed E-state index contributed by atoms with van der Waals surface area (Å²) in [5, 5.41) is 0. The molecule has 1 atom stereocenters. The lowest BCUT2D eigenvalue weighted by Gasteiger charge is -2.39. The molecule has 1 aromatic heterocycles. The van der Waals surface area contributed by atoms with Crippen LogP contribution in [0.15, 0.2) is 16.5 Å². The van der Waals surface area contributed by atoms with Crippen LogP contribution >= 0.6 is 0 Å². The summed E-state index contributed by atoms with van der Waals surface area (Å²) < 4.78 is 16.4. The zero-order chi connectivity index (χ0) is 18.1. The second-order valence-electron chi connectivity index (χ2n) is 7.56. The molecule has 2 amide bonds. The van der Waals surface area contributed by atoms with E-state index in [1.165, 1.54) is 0 Å². The number of furan rings is 1. The first kappa shape index (κ1) is 17.5. The largest absolute Gasteiger partial charge is 0.456 e. The van der Waals surface area contributed by atoms with Gasteiger partial charge >= 0.3 is 0 Å². The Balaban J connectivity index is 1.56. The van der Waals surface area contributed by atoms with Crippen molar-refractivity contribution in [1.82, 2.24) is 9.80 Å². The Morgan fingerprint density at radius 3 is 2.38 bits per heavy atom. The number of carbonyl (C=O) groups excluding carboxylic acids is 2. The number of hydrogen-bond donors (Lipinski definition) is 0. The molecule has 3 aliphatic rings. The van der Waals surface area contributed by atoms with Crippen LogP contribution in [-0.4, -0.2) is 74.2 Å². The molecule has 3 aliphatic heterocycles. The maximum absolute atomic E-state index is 13.3. The highest BCUT2D eigenvalue weighted by Gasteiger charge is 2.53. The van der Waals surface area contributed by atoms with E-state index in [4.69, 9.17) is 13.9 Å². The normalized spacial score (nSPS) is 25.7. The number of morpholine rings is 1. The van der Waals surface area contributed by atoms with Crippen molar-refractivity contribution in [2.75, 3.05) is 52.6 Å². The van der Waals surface area contributed by atoms with Crippen LogP contribution in [0.25, 0.3) is 0 Å². The van der Waals surface area contributed by atoms with Gasteiger partial charge in [-0.05, 0) is 31.9 Å². The Hall–Kier alpha value is -1.86. The number of carbonyl (C=O) groups is 2. The van der Waals surface area contributed by atoms with E-state index in [9.17, 15) is 9.59 Å². The zero-order valence-corrected chi connectivity index (χ0v) is 15.2. The summed E-state index contributed by atoms with van der Waals surface area (Å²) in [6.07, 6.45) is 1.63. The Kier molecular flexibility index (Phi) is 4.75. The van der Waals surface area contributed by atoms with Crippen molar-refractivity contribution in [3.05, 3.63) is 23.7 Å². The molecule has 0 N–H and O–H groups in total. The van der Waals surface area contributed by atoms with Gasteiger partial charge in [-0.1, -0.05) is 0 Å². The van der Waals surface area contributed by atoms with Crippen LogP contribution in [0.3, 0.4) is 0 Å². The van der Waals surface area contributed by atoms with Gasteiger partial charge in [-0.2, -0.15) is 0 Å². The van der Waals surface area contributed by atoms with Gasteiger partial charge in [0.15, 0.2) is 5.76 Å². The fraction of sp³-hybridized carbons (Fsp3) is 0.684. The highest BCUT2D eigenvalue weighted by molar-refractivity contribution is 5.93. The Morgan fingerprint density at radius 2 is 1.73 bits per heavy atom. The molecule has 7 heteroatoms. The minimum absolute atomic E-state index is 0.124. The van der Waals surface area contributed by atoms with Gasteiger partial charge in [0.1, 0.15) is 5.76 Å². The minimum atomic E-state index is -0.190. The van der Waals surface area contributed by atoms with E-state index < -0.39 is 0 Å². The molecule has 1 aromatic rings. The SMILES string of the molecule is Cc1ccc(C(=O)N2CC(C(=O)N3CCOCC3)C3(CCOCC3)C2)o1. The lowest BCUT2D eigenvalue weighted by atomic mass is 9.71. The highest BCUT2D eigenvalue weighted by atomic mass is 16.5. The van der Waals surface area contributed by atoms with Crippen LogP contribution < -0.4 is 0 Å². The van der Waals surface area contributed by atoms with Crippen molar-refractivity contribution in [3.63, 3.8) is 0 Å². The van der Waals surface area contributed by atoms with Crippen molar-refractivity contribution >= 4 is 11.8 Å². The van der Waals surface area contributed by atoms with Crippen molar-refractivity contribution in [2.24, 2.45) is 11.3 Å². The van der Waals surface area contributed by atoms with Crippen LogP contribution in [0.5, 0.6) is 0 Å². The van der Waals surface area contributed by atoms with E-state index in [0.29, 0.717) is 64.1 Å². The quantitative estimate of drug-likeness (QED) is 0.793. The van der Waals surface area contributed by atoms with E-state index in [1.54, 1.807) is 17.0 Å². The van der Waals surface area contributed by atoms with Gasteiger partial charge < -0.3 is 23.7 Å². The van der Waals surface area contributed by atoms with E-state index in [1.807, 2.05) is 11.8 Å². The van der Waals surface area contributed by atoms with Crippen LogP contribution in [0.1, 0.15) is 29.2 Å².